The third-order valence-corrected chi connectivity index (χ3v) is 6.24. The summed E-state index contributed by atoms with van der Waals surface area (Å²) >= 11 is 0. The van der Waals surface area contributed by atoms with Gasteiger partial charge in [0.15, 0.2) is 11.5 Å². The van der Waals surface area contributed by atoms with Crippen LogP contribution in [0.4, 0.5) is 5.69 Å². The van der Waals surface area contributed by atoms with E-state index in [0.717, 1.165) is 29.2 Å². The molecule has 1 unspecified atom stereocenters. The van der Waals surface area contributed by atoms with Crippen molar-refractivity contribution < 1.29 is 18.4 Å². The number of methoxy groups -OCH3 is 2. The van der Waals surface area contributed by atoms with E-state index in [1.54, 1.807) is 26.4 Å². The van der Waals surface area contributed by atoms with Gasteiger partial charge in [0.05, 0.1) is 37.3 Å². The molecule has 0 aromatic heterocycles. The van der Waals surface area contributed by atoms with Crippen LogP contribution in [0.25, 0.3) is 0 Å². The first-order chi connectivity index (χ1) is 13.4. The minimum absolute atomic E-state index is 0.0506. The highest BCUT2D eigenvalue weighted by molar-refractivity contribution is 7.85. The molecule has 0 radical (unpaired) electrons. The Balaban J connectivity index is 1.46. The molecular formula is C22H27NO4S. The van der Waals surface area contributed by atoms with Gasteiger partial charge in [-0.2, -0.15) is 0 Å². The van der Waals surface area contributed by atoms with Gasteiger partial charge in [0.2, 0.25) is 0 Å². The maximum atomic E-state index is 12.5. The second-order valence-electron chi connectivity index (χ2n) is 7.28. The summed E-state index contributed by atoms with van der Waals surface area (Å²) in [6.07, 6.45) is 3.64. The molecule has 0 bridgehead atoms. The second-order valence-corrected chi connectivity index (χ2v) is 8.85. The third kappa shape index (κ3) is 4.55. The van der Waals surface area contributed by atoms with E-state index in [9.17, 15) is 4.21 Å². The van der Waals surface area contributed by atoms with Gasteiger partial charge in [-0.15, -0.1) is 0 Å². The molecule has 0 saturated heterocycles. The summed E-state index contributed by atoms with van der Waals surface area (Å²) in [5.41, 5.74) is 2.16. The highest BCUT2D eigenvalue weighted by Crippen LogP contribution is 2.38. The molecule has 0 aliphatic carbocycles. The Bertz CT molecular complexity index is 892. The zero-order valence-electron chi connectivity index (χ0n) is 16.9. The molecule has 2 aromatic rings. The number of hydrogen-bond acceptors (Lipinski definition) is 5. The van der Waals surface area contributed by atoms with Crippen molar-refractivity contribution in [1.29, 1.82) is 0 Å². The lowest BCUT2D eigenvalue weighted by Gasteiger charge is -2.16. The molecule has 0 spiro atoms. The predicted molar refractivity (Wildman–Crippen MR) is 113 cm³/mol. The average molecular weight is 402 g/mol. The van der Waals surface area contributed by atoms with E-state index in [1.165, 1.54) is 5.56 Å². The van der Waals surface area contributed by atoms with Gasteiger partial charge >= 0.3 is 0 Å². The first-order valence-electron chi connectivity index (χ1n) is 9.37. The quantitative estimate of drug-likeness (QED) is 0.573. The second kappa shape index (κ2) is 8.78. The Kier molecular flexibility index (Phi) is 6.39. The van der Waals surface area contributed by atoms with Crippen LogP contribution in [0.2, 0.25) is 0 Å². The van der Waals surface area contributed by atoms with E-state index < -0.39 is 10.8 Å². The summed E-state index contributed by atoms with van der Waals surface area (Å²) in [4.78, 5) is 5.19. The summed E-state index contributed by atoms with van der Waals surface area (Å²) in [7, 11) is 2.09. The first kappa shape index (κ1) is 20.4. The summed E-state index contributed by atoms with van der Waals surface area (Å²) < 4.78 is 28.9. The number of hydrogen-bond donors (Lipinski definition) is 0. The normalized spacial score (nSPS) is 15.1. The van der Waals surface area contributed by atoms with Gasteiger partial charge in [0.1, 0.15) is 5.75 Å². The van der Waals surface area contributed by atoms with Crippen LogP contribution < -0.4 is 14.2 Å². The van der Waals surface area contributed by atoms with E-state index >= 15 is 0 Å². The Morgan fingerprint density at radius 1 is 1.00 bits per heavy atom. The van der Waals surface area contributed by atoms with Crippen molar-refractivity contribution in [3.8, 4) is 17.2 Å². The van der Waals surface area contributed by atoms with Gasteiger partial charge in [-0.3, -0.25) is 9.20 Å². The molecule has 6 heteroatoms. The summed E-state index contributed by atoms with van der Waals surface area (Å²) in [6.45, 7) is 4.90. The Morgan fingerprint density at radius 2 is 1.79 bits per heavy atom. The number of nitrogens with zero attached hydrogens (tertiary/aromatic N) is 1. The van der Waals surface area contributed by atoms with E-state index in [1.807, 2.05) is 24.4 Å². The van der Waals surface area contributed by atoms with Crippen LogP contribution in [0, 0.1) is 0 Å². The van der Waals surface area contributed by atoms with Crippen LogP contribution in [-0.4, -0.2) is 37.0 Å². The van der Waals surface area contributed by atoms with Crippen molar-refractivity contribution in [3.05, 3.63) is 42.0 Å². The van der Waals surface area contributed by atoms with Gasteiger partial charge in [-0.05, 0) is 48.7 Å². The molecule has 5 nitrogen and oxygen atoms in total. The maximum absolute atomic E-state index is 12.5. The van der Waals surface area contributed by atoms with Crippen LogP contribution in [0.15, 0.2) is 46.3 Å². The lowest BCUT2D eigenvalue weighted by atomic mass is 9.87. The molecule has 150 valence electrons. The molecule has 1 atom stereocenters. The number of benzene rings is 2. The Labute approximate surface area is 169 Å². The molecule has 0 amide bonds. The number of fused-ring (bicyclic) bond motifs is 1. The van der Waals surface area contributed by atoms with Gasteiger partial charge in [-0.25, -0.2) is 0 Å². The number of unbranched alkanes of at least 4 members (excludes halogenated alkanes) is 1. The number of ether oxygens (including phenoxy) is 3. The fraction of sp³-hybridized carbons (Fsp3) is 0.409. The van der Waals surface area contributed by atoms with Crippen LogP contribution >= 0.6 is 0 Å². The fourth-order valence-electron chi connectivity index (χ4n) is 3.14. The minimum Gasteiger partial charge on any atom is -0.494 e. The highest BCUT2D eigenvalue weighted by Gasteiger charge is 2.26. The van der Waals surface area contributed by atoms with E-state index in [2.05, 4.69) is 24.9 Å². The van der Waals surface area contributed by atoms with Gasteiger partial charge < -0.3 is 14.2 Å². The molecular weight excluding hydrogens is 374 g/mol. The molecule has 3 rings (SSSR count). The molecule has 1 aliphatic heterocycles. The fourth-order valence-corrected chi connectivity index (χ4v) is 4.30. The molecule has 0 saturated carbocycles. The van der Waals surface area contributed by atoms with Gasteiger partial charge in [0, 0.05) is 28.3 Å². The van der Waals surface area contributed by atoms with Crippen molar-refractivity contribution in [2.45, 2.75) is 37.0 Å². The molecule has 0 fully saturated rings. The Morgan fingerprint density at radius 3 is 2.54 bits per heavy atom. The summed E-state index contributed by atoms with van der Waals surface area (Å²) in [5.74, 6) is 2.68. The minimum atomic E-state index is -1.07. The average Bonchev–Trinajstić information content (AvgIpc) is 3.01. The predicted octanol–water partition coefficient (Wildman–Crippen LogP) is 4.66. The lowest BCUT2D eigenvalue weighted by Crippen LogP contribution is -2.14. The molecule has 0 N–H and O–H groups in total. The largest absolute Gasteiger partial charge is 0.494 e. The van der Waals surface area contributed by atoms with Crippen LogP contribution in [0.3, 0.4) is 0 Å². The zero-order chi connectivity index (χ0) is 20.1. The van der Waals surface area contributed by atoms with E-state index in [0.29, 0.717) is 23.9 Å². The summed E-state index contributed by atoms with van der Waals surface area (Å²) in [6, 6.07) is 11.4. The van der Waals surface area contributed by atoms with Crippen molar-refractivity contribution >= 4 is 22.7 Å². The molecule has 28 heavy (non-hydrogen) atoms. The molecule has 1 aliphatic rings. The standard InChI is InChI=1S/C22H27NO4S/c1-22(2)15-23-19-9-7-16(13-18(19)22)27-11-5-6-12-28(24)17-8-10-20(25-3)21(14-17)26-4/h7-10,13-15H,5-6,11-12H2,1-4H3. The van der Waals surface area contributed by atoms with Gasteiger partial charge in [0.25, 0.3) is 0 Å². The van der Waals surface area contributed by atoms with Crippen molar-refractivity contribution in [2.75, 3.05) is 26.6 Å². The molecule has 2 aromatic carbocycles. The summed E-state index contributed by atoms with van der Waals surface area (Å²) in [5, 5.41) is 0. The zero-order valence-corrected chi connectivity index (χ0v) is 17.7. The SMILES string of the molecule is COc1ccc(S(=O)CCCCOc2ccc3c(c2)C(C)(C)C=N3)cc1OC. The first-order valence-corrected chi connectivity index (χ1v) is 10.7. The molecule has 1 heterocycles. The van der Waals surface area contributed by atoms with E-state index in [4.69, 9.17) is 14.2 Å². The maximum Gasteiger partial charge on any atom is 0.161 e. The smallest absolute Gasteiger partial charge is 0.161 e. The van der Waals surface area contributed by atoms with Crippen LogP contribution in [0.5, 0.6) is 17.2 Å². The third-order valence-electron chi connectivity index (χ3n) is 4.80. The van der Waals surface area contributed by atoms with Crippen molar-refractivity contribution in [3.63, 3.8) is 0 Å². The van der Waals surface area contributed by atoms with Crippen molar-refractivity contribution in [1.82, 2.24) is 0 Å². The monoisotopic (exact) mass is 401 g/mol. The topological polar surface area (TPSA) is 57.1 Å². The highest BCUT2D eigenvalue weighted by atomic mass is 32.2. The van der Waals surface area contributed by atoms with Crippen molar-refractivity contribution in [2.24, 2.45) is 4.99 Å². The van der Waals surface area contributed by atoms with Gasteiger partial charge in [-0.1, -0.05) is 13.8 Å². The Hall–Kier alpha value is -2.34. The van der Waals surface area contributed by atoms with Crippen LogP contribution in [0.1, 0.15) is 32.3 Å². The lowest BCUT2D eigenvalue weighted by molar-refractivity contribution is 0.309. The number of aliphatic imine (C=N–C) groups is 1. The van der Waals surface area contributed by atoms with E-state index in [-0.39, 0.29) is 5.41 Å². The van der Waals surface area contributed by atoms with Crippen LogP contribution in [-0.2, 0) is 16.2 Å². The number of rotatable bonds is 9.